The summed E-state index contributed by atoms with van der Waals surface area (Å²) in [5, 5.41) is 0. The van der Waals surface area contributed by atoms with Crippen LogP contribution in [0.4, 0.5) is 0 Å². The number of hydrogen-bond acceptors (Lipinski definition) is 11. The van der Waals surface area contributed by atoms with Crippen LogP contribution in [0.25, 0.3) is 22.7 Å². The van der Waals surface area contributed by atoms with Gasteiger partial charge < -0.3 is 28.3 Å². The largest absolute Gasteiger partial charge is 0.463 e. The molecule has 1 fully saturated rings. The van der Waals surface area contributed by atoms with E-state index in [0.29, 0.717) is 0 Å². The number of hydrogen-bond donors (Lipinski definition) is 1. The lowest BCUT2D eigenvalue weighted by molar-refractivity contribution is -0.166. The smallest absolute Gasteiger partial charge is 0.303 e. The SMILES string of the molecule is CC(=O)OC[C@H]1O[C@@H](n2c(-c3ccco3)nc3c(=O)[nH]cnc32)[C@H](OC(C)=O)[C@@H]1OC(C)=O. The van der Waals surface area contributed by atoms with Crippen molar-refractivity contribution in [2.45, 2.75) is 45.3 Å². The van der Waals surface area contributed by atoms with E-state index in [4.69, 9.17) is 23.4 Å². The van der Waals surface area contributed by atoms with Gasteiger partial charge in [-0.2, -0.15) is 0 Å². The van der Waals surface area contributed by atoms with Crippen molar-refractivity contribution in [1.29, 1.82) is 0 Å². The average molecular weight is 460 g/mol. The van der Waals surface area contributed by atoms with Crippen LogP contribution in [0.15, 0.2) is 33.9 Å². The minimum absolute atomic E-state index is 0.0125. The molecule has 0 unspecified atom stereocenters. The highest BCUT2D eigenvalue weighted by Crippen LogP contribution is 2.38. The predicted octanol–water partition coefficient (Wildman–Crippen LogP) is 0.703. The Balaban J connectivity index is 1.88. The number of carbonyl (C=O) groups is 3. The van der Waals surface area contributed by atoms with Gasteiger partial charge in [-0.05, 0) is 12.1 Å². The zero-order valence-electron chi connectivity index (χ0n) is 17.8. The Labute approximate surface area is 185 Å². The van der Waals surface area contributed by atoms with Crippen molar-refractivity contribution >= 4 is 29.1 Å². The third-order valence-corrected chi connectivity index (χ3v) is 4.82. The first-order chi connectivity index (χ1) is 15.8. The fraction of sp³-hybridized carbons (Fsp3) is 0.400. The standard InChI is InChI=1S/C20H20N4O9/c1-9(25)30-7-13-15(31-10(2)26)16(32-11(3)27)20(33-13)24-17(12-5-4-6-29-12)23-14-18(24)21-8-22-19(14)28/h4-6,8,13,15-16,20H,7H2,1-3H3,(H,21,22,28)/t13-,15-,16-,20-/m1/s1. The molecule has 0 bridgehead atoms. The summed E-state index contributed by atoms with van der Waals surface area (Å²) >= 11 is 0. The Morgan fingerprint density at radius 3 is 2.48 bits per heavy atom. The maximum Gasteiger partial charge on any atom is 0.303 e. The van der Waals surface area contributed by atoms with Crippen molar-refractivity contribution in [2.75, 3.05) is 6.61 Å². The topological polar surface area (TPSA) is 165 Å². The molecule has 13 heteroatoms. The maximum atomic E-state index is 12.4. The fourth-order valence-corrected chi connectivity index (χ4v) is 3.64. The van der Waals surface area contributed by atoms with Crippen LogP contribution >= 0.6 is 0 Å². The van der Waals surface area contributed by atoms with E-state index < -0.39 is 48.0 Å². The summed E-state index contributed by atoms with van der Waals surface area (Å²) in [5.41, 5.74) is -0.412. The highest BCUT2D eigenvalue weighted by Gasteiger charge is 2.51. The molecule has 13 nitrogen and oxygen atoms in total. The van der Waals surface area contributed by atoms with Gasteiger partial charge in [0.25, 0.3) is 5.56 Å². The van der Waals surface area contributed by atoms with Crippen LogP contribution in [0, 0.1) is 0 Å². The van der Waals surface area contributed by atoms with Crippen molar-refractivity contribution in [3.63, 3.8) is 0 Å². The number of imidazole rings is 1. The van der Waals surface area contributed by atoms with Gasteiger partial charge in [-0.15, -0.1) is 0 Å². The summed E-state index contributed by atoms with van der Waals surface area (Å²) in [6, 6.07) is 3.24. The van der Waals surface area contributed by atoms with E-state index in [0.717, 1.165) is 0 Å². The molecule has 4 atom stereocenters. The van der Waals surface area contributed by atoms with Crippen LogP contribution in [-0.2, 0) is 33.3 Å². The molecule has 0 amide bonds. The molecule has 4 heterocycles. The second-order valence-electron chi connectivity index (χ2n) is 7.20. The van der Waals surface area contributed by atoms with Gasteiger partial charge in [0.2, 0.25) is 0 Å². The second kappa shape index (κ2) is 8.86. The lowest BCUT2D eigenvalue weighted by Gasteiger charge is -2.24. The highest BCUT2D eigenvalue weighted by atomic mass is 16.7. The number of nitrogens with one attached hydrogen (secondary N) is 1. The molecule has 3 aromatic rings. The first-order valence-electron chi connectivity index (χ1n) is 9.89. The van der Waals surface area contributed by atoms with E-state index in [-0.39, 0.29) is 29.4 Å². The molecule has 0 saturated carbocycles. The molecule has 33 heavy (non-hydrogen) atoms. The number of carbonyl (C=O) groups excluding carboxylic acids is 3. The van der Waals surface area contributed by atoms with Crippen LogP contribution in [-0.4, -0.2) is 62.3 Å². The molecule has 1 aliphatic heterocycles. The summed E-state index contributed by atoms with van der Waals surface area (Å²) in [4.78, 5) is 58.5. The second-order valence-corrected chi connectivity index (χ2v) is 7.20. The third-order valence-electron chi connectivity index (χ3n) is 4.82. The van der Waals surface area contributed by atoms with Gasteiger partial charge in [0, 0.05) is 20.8 Å². The number of rotatable bonds is 6. The molecular formula is C20H20N4O9. The summed E-state index contributed by atoms with van der Waals surface area (Å²) in [6.45, 7) is 3.30. The summed E-state index contributed by atoms with van der Waals surface area (Å²) in [5.74, 6) is -1.47. The zero-order chi connectivity index (χ0) is 23.7. The molecule has 1 aliphatic rings. The maximum absolute atomic E-state index is 12.4. The van der Waals surface area contributed by atoms with Gasteiger partial charge in [0.15, 0.2) is 41.2 Å². The average Bonchev–Trinajstić information content (AvgIpc) is 3.45. The normalized spacial score (nSPS) is 22.3. The van der Waals surface area contributed by atoms with Crippen molar-refractivity contribution in [3.05, 3.63) is 35.1 Å². The van der Waals surface area contributed by atoms with Crippen molar-refractivity contribution < 1.29 is 37.7 Å². The molecular weight excluding hydrogens is 440 g/mol. The van der Waals surface area contributed by atoms with Crippen molar-refractivity contribution in [1.82, 2.24) is 19.5 Å². The number of furan rings is 1. The van der Waals surface area contributed by atoms with Crippen LogP contribution in [0.1, 0.15) is 27.0 Å². The summed E-state index contributed by atoms with van der Waals surface area (Å²) in [6.07, 6.45) is -1.85. The molecule has 0 aliphatic carbocycles. The quantitative estimate of drug-likeness (QED) is 0.406. The van der Waals surface area contributed by atoms with E-state index in [9.17, 15) is 19.2 Å². The van der Waals surface area contributed by atoms with E-state index in [1.54, 1.807) is 12.1 Å². The van der Waals surface area contributed by atoms with E-state index >= 15 is 0 Å². The van der Waals surface area contributed by atoms with Gasteiger partial charge in [0.1, 0.15) is 12.7 Å². The molecule has 174 valence electrons. The third kappa shape index (κ3) is 4.35. The molecule has 0 radical (unpaired) electrons. The molecule has 3 aromatic heterocycles. The molecule has 1 saturated heterocycles. The summed E-state index contributed by atoms with van der Waals surface area (Å²) in [7, 11) is 0. The predicted molar refractivity (Wildman–Crippen MR) is 108 cm³/mol. The van der Waals surface area contributed by atoms with Crippen molar-refractivity contribution in [2.24, 2.45) is 0 Å². The van der Waals surface area contributed by atoms with Crippen LogP contribution in [0.5, 0.6) is 0 Å². The zero-order valence-corrected chi connectivity index (χ0v) is 17.8. The number of fused-ring (bicyclic) bond motifs is 1. The van der Waals surface area contributed by atoms with Crippen LogP contribution in [0.2, 0.25) is 0 Å². The first-order valence-corrected chi connectivity index (χ1v) is 9.89. The molecule has 4 rings (SSSR count). The Morgan fingerprint density at radius 1 is 1.12 bits per heavy atom. The van der Waals surface area contributed by atoms with E-state index in [1.807, 2.05) is 0 Å². The minimum Gasteiger partial charge on any atom is -0.463 e. The highest BCUT2D eigenvalue weighted by molar-refractivity contribution is 5.75. The van der Waals surface area contributed by atoms with E-state index in [1.165, 1.54) is 37.9 Å². The summed E-state index contributed by atoms with van der Waals surface area (Å²) < 4.78 is 28.9. The lowest BCUT2D eigenvalue weighted by Crippen LogP contribution is -2.40. The molecule has 0 aromatic carbocycles. The fourth-order valence-electron chi connectivity index (χ4n) is 3.64. The Hall–Kier alpha value is -4.00. The number of ether oxygens (including phenoxy) is 4. The molecule has 0 spiro atoms. The number of nitrogens with zero attached hydrogens (tertiary/aromatic N) is 3. The first kappa shape index (κ1) is 22.2. The lowest BCUT2D eigenvalue weighted by atomic mass is 10.1. The minimum atomic E-state index is -1.18. The number of esters is 3. The van der Waals surface area contributed by atoms with Crippen LogP contribution in [0.3, 0.4) is 0 Å². The number of aromatic amines is 1. The molecule has 1 N–H and O–H groups in total. The van der Waals surface area contributed by atoms with Gasteiger partial charge in [-0.25, -0.2) is 9.97 Å². The van der Waals surface area contributed by atoms with Gasteiger partial charge in [-0.1, -0.05) is 0 Å². The Kier molecular flexibility index (Phi) is 5.96. The number of aromatic nitrogens is 4. The Bertz CT molecular complexity index is 1250. The van der Waals surface area contributed by atoms with Crippen molar-refractivity contribution in [3.8, 4) is 11.6 Å². The van der Waals surface area contributed by atoms with Crippen LogP contribution < -0.4 is 5.56 Å². The monoisotopic (exact) mass is 460 g/mol. The van der Waals surface area contributed by atoms with Gasteiger partial charge in [-0.3, -0.25) is 23.7 Å². The number of H-pyrrole nitrogens is 1. The van der Waals surface area contributed by atoms with E-state index in [2.05, 4.69) is 15.0 Å². The van der Waals surface area contributed by atoms with Gasteiger partial charge >= 0.3 is 17.9 Å². The van der Waals surface area contributed by atoms with Gasteiger partial charge in [0.05, 0.1) is 12.6 Å². The Morgan fingerprint density at radius 2 is 1.85 bits per heavy atom.